The highest BCUT2D eigenvalue weighted by Gasteiger charge is 2.23. The van der Waals surface area contributed by atoms with Crippen LogP contribution in [-0.2, 0) is 6.42 Å². The van der Waals surface area contributed by atoms with Gasteiger partial charge in [-0.3, -0.25) is 0 Å². The van der Waals surface area contributed by atoms with Crippen molar-refractivity contribution in [2.24, 2.45) is 0 Å². The van der Waals surface area contributed by atoms with Crippen molar-refractivity contribution in [2.45, 2.75) is 18.8 Å². The molecule has 1 fully saturated rings. The summed E-state index contributed by atoms with van der Waals surface area (Å²) in [5, 5.41) is 12.8. The smallest absolute Gasteiger partial charge is 0.139 e. The van der Waals surface area contributed by atoms with Crippen molar-refractivity contribution < 1.29 is 9.63 Å². The van der Waals surface area contributed by atoms with Crippen LogP contribution in [-0.4, -0.2) is 41.9 Å². The van der Waals surface area contributed by atoms with Crippen LogP contribution in [0.1, 0.15) is 23.8 Å². The lowest BCUT2D eigenvalue weighted by molar-refractivity contribution is 0.276. The molecule has 2 heterocycles. The van der Waals surface area contributed by atoms with Gasteiger partial charge in [0.1, 0.15) is 5.76 Å². The fourth-order valence-corrected chi connectivity index (χ4v) is 1.93. The summed E-state index contributed by atoms with van der Waals surface area (Å²) in [4.78, 5) is 2.30. The Balaban J connectivity index is 2.02. The van der Waals surface area contributed by atoms with E-state index in [1.807, 2.05) is 6.07 Å². The van der Waals surface area contributed by atoms with E-state index in [1.54, 1.807) is 0 Å². The van der Waals surface area contributed by atoms with E-state index in [4.69, 9.17) is 9.63 Å². The highest BCUT2D eigenvalue weighted by molar-refractivity contribution is 5.12. The van der Waals surface area contributed by atoms with E-state index >= 15 is 0 Å². The Bertz CT molecular complexity index is 298. The Labute approximate surface area is 83.5 Å². The van der Waals surface area contributed by atoms with Crippen molar-refractivity contribution in [3.05, 3.63) is 17.5 Å². The largest absolute Gasteiger partial charge is 0.396 e. The maximum absolute atomic E-state index is 8.74. The lowest BCUT2D eigenvalue weighted by Gasteiger charge is -2.05. The Hall–Kier alpha value is -0.870. The molecule has 4 heteroatoms. The summed E-state index contributed by atoms with van der Waals surface area (Å²) in [6.07, 6.45) is 1.72. The molecule has 1 atom stereocenters. The summed E-state index contributed by atoms with van der Waals surface area (Å²) in [6, 6.07) is 1.97. The summed E-state index contributed by atoms with van der Waals surface area (Å²) in [5.74, 6) is 1.30. The minimum Gasteiger partial charge on any atom is -0.396 e. The van der Waals surface area contributed by atoms with Gasteiger partial charge in [-0.05, 0) is 20.0 Å². The van der Waals surface area contributed by atoms with E-state index in [-0.39, 0.29) is 6.61 Å². The first-order chi connectivity index (χ1) is 6.79. The molecule has 1 aliphatic heterocycles. The maximum atomic E-state index is 8.74. The van der Waals surface area contributed by atoms with Crippen molar-refractivity contribution in [3.8, 4) is 0 Å². The van der Waals surface area contributed by atoms with Crippen LogP contribution in [0.3, 0.4) is 0 Å². The van der Waals surface area contributed by atoms with Gasteiger partial charge in [-0.2, -0.15) is 0 Å². The van der Waals surface area contributed by atoms with Crippen LogP contribution >= 0.6 is 0 Å². The molecule has 2 rings (SSSR count). The number of hydrogen-bond acceptors (Lipinski definition) is 4. The van der Waals surface area contributed by atoms with E-state index in [2.05, 4.69) is 17.1 Å². The number of aliphatic hydroxyl groups is 1. The first-order valence-corrected chi connectivity index (χ1v) is 5.04. The van der Waals surface area contributed by atoms with Gasteiger partial charge in [0.25, 0.3) is 0 Å². The standard InChI is InChI=1S/C10H16N2O2/c1-12-4-2-8(7-12)10-6-9(3-5-13)14-11-10/h6,8,13H,2-5,7H2,1H3/t8-/m1/s1. The second-order valence-corrected chi connectivity index (χ2v) is 3.94. The molecule has 0 saturated carbocycles. The summed E-state index contributed by atoms with van der Waals surface area (Å²) < 4.78 is 5.12. The molecule has 4 nitrogen and oxygen atoms in total. The van der Waals surface area contributed by atoms with E-state index in [0.29, 0.717) is 12.3 Å². The van der Waals surface area contributed by atoms with Gasteiger partial charge in [0.2, 0.25) is 0 Å². The van der Waals surface area contributed by atoms with Crippen LogP contribution in [0.25, 0.3) is 0 Å². The third-order valence-electron chi connectivity index (χ3n) is 2.74. The molecule has 78 valence electrons. The highest BCUT2D eigenvalue weighted by atomic mass is 16.5. The van der Waals surface area contributed by atoms with Gasteiger partial charge in [-0.25, -0.2) is 0 Å². The van der Waals surface area contributed by atoms with Crippen molar-refractivity contribution in [2.75, 3.05) is 26.7 Å². The molecule has 0 bridgehead atoms. The number of aliphatic hydroxyl groups excluding tert-OH is 1. The van der Waals surface area contributed by atoms with Crippen LogP contribution in [0.4, 0.5) is 0 Å². The SMILES string of the molecule is CN1CC[C@@H](c2cc(CCO)on2)C1. The molecule has 0 spiro atoms. The Kier molecular flexibility index (Phi) is 2.84. The van der Waals surface area contributed by atoms with E-state index in [0.717, 1.165) is 31.0 Å². The molecule has 0 aromatic carbocycles. The Morgan fingerprint density at radius 1 is 1.71 bits per heavy atom. The predicted molar refractivity (Wildman–Crippen MR) is 52.1 cm³/mol. The topological polar surface area (TPSA) is 49.5 Å². The molecule has 0 radical (unpaired) electrons. The van der Waals surface area contributed by atoms with E-state index in [9.17, 15) is 0 Å². The molecular formula is C10H16N2O2. The van der Waals surface area contributed by atoms with Gasteiger partial charge in [-0.1, -0.05) is 5.16 Å². The minimum atomic E-state index is 0.124. The van der Waals surface area contributed by atoms with Crippen LogP contribution in [0.15, 0.2) is 10.6 Å². The normalized spacial score (nSPS) is 23.1. The van der Waals surface area contributed by atoms with Gasteiger partial charge in [-0.15, -0.1) is 0 Å². The fourth-order valence-electron chi connectivity index (χ4n) is 1.93. The maximum Gasteiger partial charge on any atom is 0.139 e. The van der Waals surface area contributed by atoms with Gasteiger partial charge in [0.15, 0.2) is 0 Å². The van der Waals surface area contributed by atoms with E-state index in [1.165, 1.54) is 0 Å². The zero-order valence-electron chi connectivity index (χ0n) is 8.44. The highest BCUT2D eigenvalue weighted by Crippen LogP contribution is 2.25. The third-order valence-corrected chi connectivity index (χ3v) is 2.74. The van der Waals surface area contributed by atoms with Crippen LogP contribution in [0, 0.1) is 0 Å². The van der Waals surface area contributed by atoms with Crippen LogP contribution in [0.5, 0.6) is 0 Å². The second kappa shape index (κ2) is 4.11. The second-order valence-electron chi connectivity index (χ2n) is 3.94. The summed E-state index contributed by atoms with van der Waals surface area (Å²) >= 11 is 0. The average Bonchev–Trinajstić information content (AvgIpc) is 2.74. The molecule has 1 N–H and O–H groups in total. The molecule has 1 aliphatic rings. The number of likely N-dealkylation sites (tertiary alicyclic amines) is 1. The molecule has 1 saturated heterocycles. The quantitative estimate of drug-likeness (QED) is 0.770. The third kappa shape index (κ3) is 1.96. The van der Waals surface area contributed by atoms with Crippen LogP contribution < -0.4 is 0 Å². The van der Waals surface area contributed by atoms with Crippen molar-refractivity contribution in [1.82, 2.24) is 10.1 Å². The average molecular weight is 196 g/mol. The minimum absolute atomic E-state index is 0.124. The van der Waals surface area contributed by atoms with Gasteiger partial charge < -0.3 is 14.5 Å². The molecule has 0 aliphatic carbocycles. The predicted octanol–water partition coefficient (Wildman–Crippen LogP) is 0.628. The number of likely N-dealkylation sites (N-methyl/N-ethyl adjacent to an activating group) is 1. The Morgan fingerprint density at radius 3 is 3.21 bits per heavy atom. The first kappa shape index (κ1) is 9.68. The number of nitrogens with zero attached hydrogens (tertiary/aromatic N) is 2. The fraction of sp³-hybridized carbons (Fsp3) is 0.700. The van der Waals surface area contributed by atoms with Crippen molar-refractivity contribution in [3.63, 3.8) is 0 Å². The Morgan fingerprint density at radius 2 is 2.57 bits per heavy atom. The van der Waals surface area contributed by atoms with Crippen molar-refractivity contribution in [1.29, 1.82) is 0 Å². The van der Waals surface area contributed by atoms with Gasteiger partial charge in [0, 0.05) is 24.9 Å². The van der Waals surface area contributed by atoms with Gasteiger partial charge >= 0.3 is 0 Å². The molecule has 1 aromatic heterocycles. The van der Waals surface area contributed by atoms with Crippen molar-refractivity contribution >= 4 is 0 Å². The summed E-state index contributed by atoms with van der Waals surface area (Å²) in [5.41, 5.74) is 1.04. The lowest BCUT2D eigenvalue weighted by atomic mass is 10.0. The number of aromatic nitrogens is 1. The van der Waals surface area contributed by atoms with E-state index < -0.39 is 0 Å². The molecule has 14 heavy (non-hydrogen) atoms. The number of rotatable bonds is 3. The molecule has 0 unspecified atom stereocenters. The number of hydrogen-bond donors (Lipinski definition) is 1. The zero-order valence-corrected chi connectivity index (χ0v) is 8.44. The van der Waals surface area contributed by atoms with Gasteiger partial charge in [0.05, 0.1) is 12.3 Å². The summed E-state index contributed by atoms with van der Waals surface area (Å²) in [6.45, 7) is 2.32. The molecule has 1 aromatic rings. The van der Waals surface area contributed by atoms with Crippen LogP contribution in [0.2, 0.25) is 0 Å². The summed E-state index contributed by atoms with van der Waals surface area (Å²) in [7, 11) is 2.12. The monoisotopic (exact) mass is 196 g/mol. The molecular weight excluding hydrogens is 180 g/mol. The molecule has 0 amide bonds. The zero-order chi connectivity index (χ0) is 9.97. The lowest BCUT2D eigenvalue weighted by Crippen LogP contribution is -2.13. The first-order valence-electron chi connectivity index (χ1n) is 5.04.